The monoisotopic (exact) mass is 292 g/mol. The van der Waals surface area contributed by atoms with Gasteiger partial charge >= 0.3 is 0 Å². The fourth-order valence-electron chi connectivity index (χ4n) is 3.05. The molecule has 0 aromatic carbocycles. The lowest BCUT2D eigenvalue weighted by atomic mass is 10.0. The number of hydrogen-bond donors (Lipinski definition) is 0. The molecular formula is C15H20N2O4. The Morgan fingerprint density at radius 2 is 2.38 bits per heavy atom. The van der Waals surface area contributed by atoms with Gasteiger partial charge in [-0.1, -0.05) is 6.07 Å². The van der Waals surface area contributed by atoms with Gasteiger partial charge in [0, 0.05) is 25.8 Å². The van der Waals surface area contributed by atoms with E-state index in [2.05, 4.69) is 4.98 Å². The number of nitrogens with zero attached hydrogens (tertiary/aromatic N) is 2. The van der Waals surface area contributed by atoms with Crippen LogP contribution in [0, 0.1) is 5.92 Å². The molecule has 2 fully saturated rings. The van der Waals surface area contributed by atoms with Gasteiger partial charge in [0.25, 0.3) is 0 Å². The summed E-state index contributed by atoms with van der Waals surface area (Å²) in [5.41, 5.74) is 0.898. The van der Waals surface area contributed by atoms with Gasteiger partial charge < -0.3 is 19.1 Å². The molecule has 2 aliphatic rings. The van der Waals surface area contributed by atoms with E-state index in [0.29, 0.717) is 26.4 Å². The van der Waals surface area contributed by atoms with Crippen LogP contribution in [0.5, 0.6) is 0 Å². The summed E-state index contributed by atoms with van der Waals surface area (Å²) < 4.78 is 16.5. The van der Waals surface area contributed by atoms with Crippen LogP contribution < -0.4 is 0 Å². The minimum atomic E-state index is 0.000289. The van der Waals surface area contributed by atoms with Crippen LogP contribution in [-0.4, -0.2) is 61.4 Å². The molecule has 21 heavy (non-hydrogen) atoms. The molecule has 0 aliphatic carbocycles. The highest BCUT2D eigenvalue weighted by atomic mass is 16.5. The summed E-state index contributed by atoms with van der Waals surface area (Å²) in [6.07, 6.45) is 1.75. The Hall–Kier alpha value is -1.50. The van der Waals surface area contributed by atoms with E-state index in [-0.39, 0.29) is 30.6 Å². The second-order valence-corrected chi connectivity index (χ2v) is 5.42. The molecule has 3 rings (SSSR count). The van der Waals surface area contributed by atoms with Crippen LogP contribution in [-0.2, 0) is 25.6 Å². The summed E-state index contributed by atoms with van der Waals surface area (Å²) >= 11 is 0. The maximum Gasteiger partial charge on any atom is 0.248 e. The molecule has 3 atom stereocenters. The minimum absolute atomic E-state index is 0.000289. The number of methoxy groups -OCH3 is 1. The van der Waals surface area contributed by atoms with E-state index in [1.807, 2.05) is 23.1 Å². The Morgan fingerprint density at radius 1 is 1.48 bits per heavy atom. The molecule has 1 amide bonds. The van der Waals surface area contributed by atoms with Crippen molar-refractivity contribution in [3.8, 4) is 0 Å². The summed E-state index contributed by atoms with van der Waals surface area (Å²) in [7, 11) is 1.53. The van der Waals surface area contributed by atoms with E-state index in [1.165, 1.54) is 7.11 Å². The Balaban J connectivity index is 1.62. The SMILES string of the molecule is COCC(=O)N1C[C@H](OCc2ccccn2)[C@H]2COC[C@H]21. The first-order chi connectivity index (χ1) is 10.3. The fraction of sp³-hybridized carbons (Fsp3) is 0.600. The number of ether oxygens (including phenoxy) is 3. The van der Waals surface area contributed by atoms with E-state index < -0.39 is 0 Å². The summed E-state index contributed by atoms with van der Waals surface area (Å²) in [4.78, 5) is 18.2. The predicted octanol–water partition coefficient (Wildman–Crippen LogP) is 0.470. The van der Waals surface area contributed by atoms with Crippen LogP contribution >= 0.6 is 0 Å². The number of hydrogen-bond acceptors (Lipinski definition) is 5. The van der Waals surface area contributed by atoms with Crippen molar-refractivity contribution in [2.75, 3.05) is 33.5 Å². The van der Waals surface area contributed by atoms with Gasteiger partial charge in [-0.2, -0.15) is 0 Å². The maximum absolute atomic E-state index is 12.1. The van der Waals surface area contributed by atoms with Gasteiger partial charge in [-0.25, -0.2) is 0 Å². The molecule has 1 aromatic rings. The van der Waals surface area contributed by atoms with E-state index >= 15 is 0 Å². The Labute approximate surface area is 124 Å². The number of fused-ring (bicyclic) bond motifs is 1. The molecule has 0 unspecified atom stereocenters. The van der Waals surface area contributed by atoms with Gasteiger partial charge in [0.15, 0.2) is 0 Å². The van der Waals surface area contributed by atoms with Crippen molar-refractivity contribution in [1.29, 1.82) is 0 Å². The first-order valence-corrected chi connectivity index (χ1v) is 7.17. The van der Waals surface area contributed by atoms with Crippen LogP contribution in [0.3, 0.4) is 0 Å². The fourth-order valence-corrected chi connectivity index (χ4v) is 3.05. The second-order valence-electron chi connectivity index (χ2n) is 5.42. The van der Waals surface area contributed by atoms with E-state index in [4.69, 9.17) is 14.2 Å². The minimum Gasteiger partial charge on any atom is -0.379 e. The quantitative estimate of drug-likeness (QED) is 0.789. The number of likely N-dealkylation sites (tertiary alicyclic amines) is 1. The second kappa shape index (κ2) is 6.51. The van der Waals surface area contributed by atoms with Crippen LogP contribution in [0.15, 0.2) is 24.4 Å². The van der Waals surface area contributed by atoms with Crippen LogP contribution in [0.2, 0.25) is 0 Å². The van der Waals surface area contributed by atoms with Crippen LogP contribution in [0.4, 0.5) is 0 Å². The highest BCUT2D eigenvalue weighted by molar-refractivity contribution is 5.78. The van der Waals surface area contributed by atoms with Crippen molar-refractivity contribution < 1.29 is 19.0 Å². The average molecular weight is 292 g/mol. The molecule has 6 nitrogen and oxygen atoms in total. The number of pyridine rings is 1. The number of carbonyl (C=O) groups is 1. The third kappa shape index (κ3) is 3.07. The van der Waals surface area contributed by atoms with Crippen molar-refractivity contribution in [2.45, 2.75) is 18.8 Å². The normalized spacial score (nSPS) is 27.9. The van der Waals surface area contributed by atoms with Crippen molar-refractivity contribution in [2.24, 2.45) is 5.92 Å². The number of rotatable bonds is 5. The third-order valence-corrected chi connectivity index (χ3v) is 4.11. The lowest BCUT2D eigenvalue weighted by molar-refractivity contribution is -0.136. The van der Waals surface area contributed by atoms with Crippen molar-refractivity contribution in [3.05, 3.63) is 30.1 Å². The molecule has 0 saturated carbocycles. The predicted molar refractivity (Wildman–Crippen MR) is 74.5 cm³/mol. The zero-order chi connectivity index (χ0) is 14.7. The largest absolute Gasteiger partial charge is 0.379 e. The van der Waals surface area contributed by atoms with Crippen LogP contribution in [0.25, 0.3) is 0 Å². The lowest BCUT2D eigenvalue weighted by Crippen LogP contribution is -2.40. The molecule has 2 saturated heterocycles. The Kier molecular flexibility index (Phi) is 4.48. The summed E-state index contributed by atoms with van der Waals surface area (Å²) in [5.74, 6) is 0.247. The topological polar surface area (TPSA) is 60.9 Å². The van der Waals surface area contributed by atoms with E-state index in [9.17, 15) is 4.79 Å². The number of amides is 1. The smallest absolute Gasteiger partial charge is 0.248 e. The van der Waals surface area contributed by atoms with E-state index in [1.54, 1.807) is 6.20 Å². The number of aromatic nitrogens is 1. The van der Waals surface area contributed by atoms with Gasteiger partial charge in [-0.05, 0) is 12.1 Å². The highest BCUT2D eigenvalue weighted by Gasteiger charge is 2.47. The molecule has 2 aliphatic heterocycles. The molecule has 0 bridgehead atoms. The molecular weight excluding hydrogens is 272 g/mol. The summed E-state index contributed by atoms with van der Waals surface area (Å²) in [5, 5.41) is 0. The Morgan fingerprint density at radius 3 is 3.14 bits per heavy atom. The van der Waals surface area contributed by atoms with Gasteiger partial charge in [-0.15, -0.1) is 0 Å². The third-order valence-electron chi connectivity index (χ3n) is 4.11. The zero-order valence-corrected chi connectivity index (χ0v) is 12.1. The molecule has 0 N–H and O–H groups in total. The average Bonchev–Trinajstić information content (AvgIpc) is 3.09. The molecule has 6 heteroatoms. The first-order valence-electron chi connectivity index (χ1n) is 7.17. The molecule has 0 spiro atoms. The highest BCUT2D eigenvalue weighted by Crippen LogP contribution is 2.32. The van der Waals surface area contributed by atoms with Crippen LogP contribution in [0.1, 0.15) is 5.69 Å². The summed E-state index contributed by atoms with van der Waals surface area (Å²) in [6.45, 7) is 2.41. The molecule has 114 valence electrons. The Bertz CT molecular complexity index is 482. The zero-order valence-electron chi connectivity index (χ0n) is 12.1. The van der Waals surface area contributed by atoms with Gasteiger partial charge in [0.2, 0.25) is 5.91 Å². The van der Waals surface area contributed by atoms with Crippen molar-refractivity contribution >= 4 is 5.91 Å². The molecule has 3 heterocycles. The van der Waals surface area contributed by atoms with Gasteiger partial charge in [0.05, 0.1) is 37.7 Å². The van der Waals surface area contributed by atoms with Gasteiger partial charge in [-0.3, -0.25) is 9.78 Å². The van der Waals surface area contributed by atoms with E-state index in [0.717, 1.165) is 5.69 Å². The number of carbonyl (C=O) groups excluding carboxylic acids is 1. The van der Waals surface area contributed by atoms with Crippen molar-refractivity contribution in [1.82, 2.24) is 9.88 Å². The maximum atomic E-state index is 12.1. The summed E-state index contributed by atoms with van der Waals surface area (Å²) in [6, 6.07) is 5.87. The molecule has 1 aromatic heterocycles. The standard InChI is InChI=1S/C15H20N2O4/c1-19-10-15(18)17-6-14(12-8-20-9-13(12)17)21-7-11-4-2-3-5-16-11/h2-5,12-14H,6-10H2,1H3/t12-,13+,14-/m0/s1. The van der Waals surface area contributed by atoms with Crippen molar-refractivity contribution in [3.63, 3.8) is 0 Å². The molecule has 0 radical (unpaired) electrons. The first kappa shape index (κ1) is 14.4. The van der Waals surface area contributed by atoms with Gasteiger partial charge in [0.1, 0.15) is 6.61 Å². The lowest BCUT2D eigenvalue weighted by Gasteiger charge is -2.21.